The molecule has 0 spiro atoms. The van der Waals surface area contributed by atoms with Gasteiger partial charge in [-0.15, -0.1) is 0 Å². The fourth-order valence-electron chi connectivity index (χ4n) is 1.69. The molecule has 19 heavy (non-hydrogen) atoms. The van der Waals surface area contributed by atoms with Crippen LogP contribution in [0.4, 0.5) is 4.79 Å². The average molecular weight is 263 g/mol. The van der Waals surface area contributed by atoms with Crippen molar-refractivity contribution in [2.24, 2.45) is 0 Å². The highest BCUT2D eigenvalue weighted by Gasteiger charge is 2.04. The fourth-order valence-corrected chi connectivity index (χ4v) is 1.69. The lowest BCUT2D eigenvalue weighted by atomic mass is 10.1. The average Bonchev–Trinajstić information content (AvgIpc) is 2.37. The number of urea groups is 1. The summed E-state index contributed by atoms with van der Waals surface area (Å²) in [6.45, 7) is 5.54. The zero-order valence-electron chi connectivity index (χ0n) is 12.4. The Morgan fingerprint density at radius 3 is 2.32 bits per heavy atom. The van der Waals surface area contributed by atoms with Gasteiger partial charge >= 0.3 is 6.03 Å². The first-order valence-electron chi connectivity index (χ1n) is 6.78. The van der Waals surface area contributed by atoms with Crippen molar-refractivity contribution in [3.05, 3.63) is 35.4 Å². The van der Waals surface area contributed by atoms with E-state index in [0.29, 0.717) is 6.54 Å². The van der Waals surface area contributed by atoms with E-state index >= 15 is 0 Å². The Bertz CT molecular complexity index is 387. The Balaban J connectivity index is 2.39. The van der Waals surface area contributed by atoms with E-state index in [1.165, 1.54) is 5.56 Å². The third kappa shape index (κ3) is 6.25. The van der Waals surface area contributed by atoms with Gasteiger partial charge in [-0.05, 0) is 38.6 Å². The molecule has 2 N–H and O–H groups in total. The van der Waals surface area contributed by atoms with Crippen molar-refractivity contribution >= 4 is 6.03 Å². The summed E-state index contributed by atoms with van der Waals surface area (Å²) >= 11 is 0. The highest BCUT2D eigenvalue weighted by atomic mass is 16.2. The zero-order valence-corrected chi connectivity index (χ0v) is 12.4. The van der Waals surface area contributed by atoms with Gasteiger partial charge < -0.3 is 15.5 Å². The second-order valence-electron chi connectivity index (χ2n) is 5.19. The van der Waals surface area contributed by atoms with Gasteiger partial charge in [-0.25, -0.2) is 4.79 Å². The Morgan fingerprint density at radius 2 is 1.79 bits per heavy atom. The monoisotopic (exact) mass is 263 g/mol. The topological polar surface area (TPSA) is 44.4 Å². The summed E-state index contributed by atoms with van der Waals surface area (Å²) < 4.78 is 0. The molecule has 106 valence electrons. The molecule has 1 rings (SSSR count). The summed E-state index contributed by atoms with van der Waals surface area (Å²) in [6.07, 6.45) is 0.937. The number of carbonyl (C=O) groups is 1. The number of hydrogen-bond acceptors (Lipinski definition) is 2. The van der Waals surface area contributed by atoms with E-state index in [2.05, 4.69) is 60.8 Å². The van der Waals surface area contributed by atoms with Crippen LogP contribution in [0.25, 0.3) is 0 Å². The number of amides is 2. The van der Waals surface area contributed by atoms with E-state index in [-0.39, 0.29) is 12.1 Å². The van der Waals surface area contributed by atoms with Gasteiger partial charge in [-0.3, -0.25) is 0 Å². The van der Waals surface area contributed by atoms with Crippen LogP contribution in [0, 0.1) is 0 Å². The quantitative estimate of drug-likeness (QED) is 0.827. The normalized spacial score (nSPS) is 12.3. The highest BCUT2D eigenvalue weighted by Crippen LogP contribution is 2.05. The molecule has 4 nitrogen and oxygen atoms in total. The van der Waals surface area contributed by atoms with Crippen molar-refractivity contribution in [2.45, 2.75) is 39.4 Å². The van der Waals surface area contributed by atoms with Gasteiger partial charge in [0.25, 0.3) is 0 Å². The molecule has 0 aliphatic rings. The first-order valence-corrected chi connectivity index (χ1v) is 6.78. The molecule has 0 aromatic heterocycles. The SMILES string of the molecule is CCC(C)NC(=O)NCc1ccc(CN(C)C)cc1. The van der Waals surface area contributed by atoms with Crippen molar-refractivity contribution in [1.29, 1.82) is 0 Å². The van der Waals surface area contributed by atoms with Crippen LogP contribution in [0.2, 0.25) is 0 Å². The molecule has 0 heterocycles. The van der Waals surface area contributed by atoms with Gasteiger partial charge in [0.1, 0.15) is 0 Å². The van der Waals surface area contributed by atoms with Gasteiger partial charge in [-0.1, -0.05) is 31.2 Å². The number of nitrogens with zero attached hydrogens (tertiary/aromatic N) is 1. The fraction of sp³-hybridized carbons (Fsp3) is 0.533. The molecule has 1 atom stereocenters. The van der Waals surface area contributed by atoms with E-state index < -0.39 is 0 Å². The van der Waals surface area contributed by atoms with Gasteiger partial charge in [0.15, 0.2) is 0 Å². The maximum Gasteiger partial charge on any atom is 0.315 e. The lowest BCUT2D eigenvalue weighted by Gasteiger charge is -2.13. The van der Waals surface area contributed by atoms with Crippen molar-refractivity contribution in [3.8, 4) is 0 Å². The molecule has 1 unspecified atom stereocenters. The van der Waals surface area contributed by atoms with E-state index in [9.17, 15) is 4.79 Å². The Morgan fingerprint density at radius 1 is 1.21 bits per heavy atom. The van der Waals surface area contributed by atoms with Gasteiger partial charge in [0, 0.05) is 19.1 Å². The van der Waals surface area contributed by atoms with Crippen molar-refractivity contribution in [1.82, 2.24) is 15.5 Å². The molecule has 0 saturated heterocycles. The van der Waals surface area contributed by atoms with E-state index in [1.807, 2.05) is 6.92 Å². The molecule has 2 amide bonds. The maximum atomic E-state index is 11.6. The number of carbonyl (C=O) groups excluding carboxylic acids is 1. The zero-order chi connectivity index (χ0) is 14.3. The van der Waals surface area contributed by atoms with Crippen LogP contribution in [0.5, 0.6) is 0 Å². The smallest absolute Gasteiger partial charge is 0.315 e. The predicted octanol–water partition coefficient (Wildman–Crippen LogP) is 2.35. The molecule has 0 radical (unpaired) electrons. The first-order chi connectivity index (χ1) is 9.01. The molecule has 0 aliphatic heterocycles. The van der Waals surface area contributed by atoms with Crippen LogP contribution in [0.1, 0.15) is 31.4 Å². The van der Waals surface area contributed by atoms with Gasteiger partial charge in [-0.2, -0.15) is 0 Å². The van der Waals surface area contributed by atoms with Crippen molar-refractivity contribution in [3.63, 3.8) is 0 Å². The summed E-state index contributed by atoms with van der Waals surface area (Å²) in [5.41, 5.74) is 2.39. The molecule has 0 bridgehead atoms. The third-order valence-corrected chi connectivity index (χ3v) is 2.96. The summed E-state index contributed by atoms with van der Waals surface area (Å²) in [5, 5.41) is 5.74. The Kier molecular flexibility index (Phi) is 6.36. The minimum atomic E-state index is -0.105. The Hall–Kier alpha value is -1.55. The third-order valence-electron chi connectivity index (χ3n) is 2.96. The predicted molar refractivity (Wildman–Crippen MR) is 79.0 cm³/mol. The van der Waals surface area contributed by atoms with Crippen LogP contribution >= 0.6 is 0 Å². The second kappa shape index (κ2) is 7.79. The van der Waals surface area contributed by atoms with Crippen molar-refractivity contribution < 1.29 is 4.79 Å². The number of rotatable bonds is 6. The molecule has 0 aliphatic carbocycles. The molecular weight excluding hydrogens is 238 g/mol. The lowest BCUT2D eigenvalue weighted by Crippen LogP contribution is -2.40. The van der Waals surface area contributed by atoms with Crippen LogP contribution in [0.3, 0.4) is 0 Å². The van der Waals surface area contributed by atoms with E-state index in [0.717, 1.165) is 18.5 Å². The Labute approximate surface area is 116 Å². The van der Waals surface area contributed by atoms with Crippen molar-refractivity contribution in [2.75, 3.05) is 14.1 Å². The summed E-state index contributed by atoms with van der Waals surface area (Å²) in [5.74, 6) is 0. The van der Waals surface area contributed by atoms with Crippen LogP contribution < -0.4 is 10.6 Å². The number of benzene rings is 1. The molecular formula is C15H25N3O. The first kappa shape index (κ1) is 15.5. The van der Waals surface area contributed by atoms with Gasteiger partial charge in [0.2, 0.25) is 0 Å². The van der Waals surface area contributed by atoms with Crippen LogP contribution in [-0.2, 0) is 13.1 Å². The summed E-state index contributed by atoms with van der Waals surface area (Å²) in [7, 11) is 4.10. The summed E-state index contributed by atoms with van der Waals surface area (Å²) in [4.78, 5) is 13.7. The molecule has 0 fully saturated rings. The molecule has 1 aromatic carbocycles. The standard InChI is InChI=1S/C15H25N3O/c1-5-12(2)17-15(19)16-10-13-6-8-14(9-7-13)11-18(3)4/h6-9,12H,5,10-11H2,1-4H3,(H2,16,17,19). The number of hydrogen-bond donors (Lipinski definition) is 2. The van der Waals surface area contributed by atoms with Gasteiger partial charge in [0.05, 0.1) is 0 Å². The van der Waals surface area contributed by atoms with E-state index in [1.54, 1.807) is 0 Å². The lowest BCUT2D eigenvalue weighted by molar-refractivity contribution is 0.237. The minimum absolute atomic E-state index is 0.105. The maximum absolute atomic E-state index is 11.6. The van der Waals surface area contributed by atoms with Crippen LogP contribution in [-0.4, -0.2) is 31.1 Å². The summed E-state index contributed by atoms with van der Waals surface area (Å²) in [6, 6.07) is 8.42. The highest BCUT2D eigenvalue weighted by molar-refractivity contribution is 5.74. The van der Waals surface area contributed by atoms with E-state index in [4.69, 9.17) is 0 Å². The number of nitrogens with one attached hydrogen (secondary N) is 2. The second-order valence-corrected chi connectivity index (χ2v) is 5.19. The molecule has 4 heteroatoms. The minimum Gasteiger partial charge on any atom is -0.336 e. The molecule has 0 saturated carbocycles. The molecule has 1 aromatic rings. The van der Waals surface area contributed by atoms with Crippen LogP contribution in [0.15, 0.2) is 24.3 Å². The largest absolute Gasteiger partial charge is 0.336 e.